The number of aliphatic imine (C=N–C) groups is 1. The van der Waals surface area contributed by atoms with Gasteiger partial charge in [0.2, 0.25) is 0 Å². The number of hydrogen-bond donors (Lipinski definition) is 0. The zero-order valence-corrected chi connectivity index (χ0v) is 14.9. The number of hydrogen-bond acceptors (Lipinski definition) is 2. The minimum Gasteiger partial charge on any atom is -0.355 e. The van der Waals surface area contributed by atoms with Crippen molar-refractivity contribution in [1.82, 2.24) is 4.90 Å². The van der Waals surface area contributed by atoms with Gasteiger partial charge in [-0.05, 0) is 19.3 Å². The largest absolute Gasteiger partial charge is 0.355 e. The standard InChI is InChI=1S/C19H38N2/c1-4-7-9-11-14-19(13-6-3,15-12-10-8-5-2)21-17-16-20-18-21/h18H,4-17H2,1-3H3. The van der Waals surface area contributed by atoms with Crippen molar-refractivity contribution in [2.75, 3.05) is 13.1 Å². The third kappa shape index (κ3) is 6.40. The molecule has 0 aromatic heterocycles. The third-order valence-electron chi connectivity index (χ3n) is 5.01. The molecule has 0 aromatic carbocycles. The molecule has 1 rings (SSSR count). The third-order valence-corrected chi connectivity index (χ3v) is 5.01. The minimum atomic E-state index is 0.413. The molecule has 0 spiro atoms. The molecule has 0 saturated carbocycles. The minimum absolute atomic E-state index is 0.413. The van der Waals surface area contributed by atoms with Crippen LogP contribution in [0.2, 0.25) is 0 Å². The lowest BCUT2D eigenvalue weighted by molar-refractivity contribution is 0.138. The van der Waals surface area contributed by atoms with E-state index in [0.29, 0.717) is 5.54 Å². The van der Waals surface area contributed by atoms with Crippen molar-refractivity contribution < 1.29 is 0 Å². The molecule has 0 saturated heterocycles. The van der Waals surface area contributed by atoms with Gasteiger partial charge in [0, 0.05) is 12.1 Å². The second-order valence-electron chi connectivity index (χ2n) is 6.81. The first-order valence-electron chi connectivity index (χ1n) is 9.55. The van der Waals surface area contributed by atoms with E-state index in [-0.39, 0.29) is 0 Å². The Kier molecular flexibility index (Phi) is 9.78. The normalized spacial score (nSPS) is 15.1. The van der Waals surface area contributed by atoms with Crippen LogP contribution < -0.4 is 0 Å². The Morgan fingerprint density at radius 3 is 1.86 bits per heavy atom. The van der Waals surface area contributed by atoms with E-state index in [1.54, 1.807) is 0 Å². The van der Waals surface area contributed by atoms with E-state index in [2.05, 4.69) is 37.0 Å². The molecule has 2 heteroatoms. The summed E-state index contributed by atoms with van der Waals surface area (Å²) < 4.78 is 0. The molecule has 0 unspecified atom stereocenters. The fraction of sp³-hybridized carbons (Fsp3) is 0.947. The van der Waals surface area contributed by atoms with E-state index in [1.165, 1.54) is 77.0 Å². The summed E-state index contributed by atoms with van der Waals surface area (Å²) in [4.78, 5) is 7.11. The second-order valence-corrected chi connectivity index (χ2v) is 6.81. The summed E-state index contributed by atoms with van der Waals surface area (Å²) in [5.41, 5.74) is 0.413. The summed E-state index contributed by atoms with van der Waals surface area (Å²) >= 11 is 0. The lowest BCUT2D eigenvalue weighted by Crippen LogP contribution is -2.47. The van der Waals surface area contributed by atoms with Crippen molar-refractivity contribution in [2.24, 2.45) is 4.99 Å². The van der Waals surface area contributed by atoms with Gasteiger partial charge in [0.05, 0.1) is 12.9 Å². The summed E-state index contributed by atoms with van der Waals surface area (Å²) in [6.07, 6.45) is 18.6. The van der Waals surface area contributed by atoms with Crippen LogP contribution in [0.5, 0.6) is 0 Å². The van der Waals surface area contributed by atoms with Gasteiger partial charge in [-0.1, -0.05) is 78.6 Å². The molecule has 1 aliphatic heterocycles. The maximum absolute atomic E-state index is 4.50. The Morgan fingerprint density at radius 1 is 0.810 bits per heavy atom. The van der Waals surface area contributed by atoms with Gasteiger partial charge in [-0.3, -0.25) is 4.99 Å². The number of unbranched alkanes of at least 4 members (excludes halogenated alkanes) is 6. The first kappa shape index (κ1) is 18.5. The first-order valence-corrected chi connectivity index (χ1v) is 9.55. The van der Waals surface area contributed by atoms with Crippen molar-refractivity contribution in [1.29, 1.82) is 0 Å². The number of nitrogens with zero attached hydrogens (tertiary/aromatic N) is 2. The molecule has 1 aliphatic rings. The van der Waals surface area contributed by atoms with E-state index in [0.717, 1.165) is 13.1 Å². The van der Waals surface area contributed by atoms with E-state index >= 15 is 0 Å². The molecule has 0 bridgehead atoms. The molecular formula is C19H38N2. The van der Waals surface area contributed by atoms with Gasteiger partial charge in [0.25, 0.3) is 0 Å². The first-order chi connectivity index (χ1) is 10.3. The van der Waals surface area contributed by atoms with Crippen molar-refractivity contribution in [3.8, 4) is 0 Å². The molecule has 1 heterocycles. The van der Waals surface area contributed by atoms with Crippen molar-refractivity contribution in [3.05, 3.63) is 0 Å². The van der Waals surface area contributed by atoms with Crippen LogP contribution in [0.3, 0.4) is 0 Å². The number of rotatable bonds is 13. The monoisotopic (exact) mass is 294 g/mol. The fourth-order valence-corrected chi connectivity index (χ4v) is 3.77. The highest BCUT2D eigenvalue weighted by Gasteiger charge is 2.34. The van der Waals surface area contributed by atoms with Gasteiger partial charge in [-0.2, -0.15) is 0 Å². The maximum atomic E-state index is 4.50. The molecule has 0 fully saturated rings. The zero-order chi connectivity index (χ0) is 15.4. The van der Waals surface area contributed by atoms with Crippen LogP contribution in [0, 0.1) is 0 Å². The molecule has 21 heavy (non-hydrogen) atoms. The SMILES string of the molecule is CCCCCCC(CCC)(CCCCCC)N1C=NCC1. The quantitative estimate of drug-likeness (QED) is 0.391. The fourth-order valence-electron chi connectivity index (χ4n) is 3.77. The lowest BCUT2D eigenvalue weighted by Gasteiger charge is -2.42. The van der Waals surface area contributed by atoms with Gasteiger partial charge in [-0.15, -0.1) is 0 Å². The molecular weight excluding hydrogens is 256 g/mol. The van der Waals surface area contributed by atoms with Crippen LogP contribution in [-0.2, 0) is 0 Å². The van der Waals surface area contributed by atoms with Crippen LogP contribution in [-0.4, -0.2) is 29.9 Å². The Bertz CT molecular complexity index is 261. The predicted octanol–water partition coefficient (Wildman–Crippen LogP) is 5.81. The van der Waals surface area contributed by atoms with E-state index in [1.807, 2.05) is 0 Å². The highest BCUT2D eigenvalue weighted by molar-refractivity contribution is 5.58. The molecule has 0 atom stereocenters. The van der Waals surface area contributed by atoms with Crippen LogP contribution in [0.15, 0.2) is 4.99 Å². The summed E-state index contributed by atoms with van der Waals surface area (Å²) in [6.45, 7) is 9.12. The predicted molar refractivity (Wildman–Crippen MR) is 95.2 cm³/mol. The summed E-state index contributed by atoms with van der Waals surface area (Å²) in [5.74, 6) is 0. The molecule has 0 aromatic rings. The molecule has 2 nitrogen and oxygen atoms in total. The lowest BCUT2D eigenvalue weighted by atomic mass is 9.81. The zero-order valence-electron chi connectivity index (χ0n) is 14.9. The smallest absolute Gasteiger partial charge is 0.0855 e. The van der Waals surface area contributed by atoms with Gasteiger partial charge < -0.3 is 4.90 Å². The van der Waals surface area contributed by atoms with Crippen LogP contribution in [0.1, 0.15) is 97.8 Å². The topological polar surface area (TPSA) is 15.6 Å². The Balaban J connectivity index is 2.59. The van der Waals surface area contributed by atoms with Crippen molar-refractivity contribution in [2.45, 2.75) is 103 Å². The summed E-state index contributed by atoms with van der Waals surface area (Å²) in [7, 11) is 0. The van der Waals surface area contributed by atoms with Gasteiger partial charge in [0.15, 0.2) is 0 Å². The Labute approximate surface area is 133 Å². The van der Waals surface area contributed by atoms with Crippen molar-refractivity contribution in [3.63, 3.8) is 0 Å². The molecule has 124 valence electrons. The maximum Gasteiger partial charge on any atom is 0.0855 e. The Morgan fingerprint density at radius 2 is 1.43 bits per heavy atom. The molecule has 0 amide bonds. The van der Waals surface area contributed by atoms with E-state index in [9.17, 15) is 0 Å². The van der Waals surface area contributed by atoms with Gasteiger partial charge in [-0.25, -0.2) is 0 Å². The second kappa shape index (κ2) is 11.1. The van der Waals surface area contributed by atoms with E-state index < -0.39 is 0 Å². The van der Waals surface area contributed by atoms with Crippen LogP contribution in [0.25, 0.3) is 0 Å². The molecule has 0 radical (unpaired) electrons. The van der Waals surface area contributed by atoms with Crippen LogP contribution in [0.4, 0.5) is 0 Å². The molecule has 0 N–H and O–H groups in total. The van der Waals surface area contributed by atoms with Gasteiger partial charge in [0.1, 0.15) is 0 Å². The average Bonchev–Trinajstić information content (AvgIpc) is 3.03. The summed E-state index contributed by atoms with van der Waals surface area (Å²) in [5, 5.41) is 0. The van der Waals surface area contributed by atoms with Gasteiger partial charge >= 0.3 is 0 Å². The van der Waals surface area contributed by atoms with Crippen LogP contribution >= 0.6 is 0 Å². The highest BCUT2D eigenvalue weighted by atomic mass is 15.3. The average molecular weight is 295 g/mol. The van der Waals surface area contributed by atoms with E-state index in [4.69, 9.17) is 0 Å². The molecule has 0 aliphatic carbocycles. The summed E-state index contributed by atoms with van der Waals surface area (Å²) in [6, 6.07) is 0. The highest BCUT2D eigenvalue weighted by Crippen LogP contribution is 2.34. The van der Waals surface area contributed by atoms with Crippen molar-refractivity contribution >= 4 is 6.34 Å². The Hall–Kier alpha value is -0.530.